The molecule has 3 aromatic rings. The highest BCUT2D eigenvalue weighted by Gasteiger charge is 2.26. The Labute approximate surface area is 161 Å². The van der Waals surface area contributed by atoms with Crippen LogP contribution in [0.15, 0.2) is 53.5 Å². The van der Waals surface area contributed by atoms with Crippen LogP contribution in [0.2, 0.25) is 5.02 Å². The highest BCUT2D eigenvalue weighted by molar-refractivity contribution is 6.32. The number of fused-ring (bicyclic) bond motifs is 1. The quantitative estimate of drug-likeness (QED) is 0.750. The van der Waals surface area contributed by atoms with Crippen molar-refractivity contribution in [2.45, 2.75) is 18.9 Å². The van der Waals surface area contributed by atoms with Gasteiger partial charge in [-0.05, 0) is 37.1 Å². The van der Waals surface area contributed by atoms with Gasteiger partial charge in [0, 0.05) is 35.7 Å². The predicted octanol–water partition coefficient (Wildman–Crippen LogP) is 3.52. The lowest BCUT2D eigenvalue weighted by Gasteiger charge is -2.32. The van der Waals surface area contributed by atoms with Crippen molar-refractivity contribution in [1.29, 1.82) is 0 Å². The number of aromatic nitrogens is 1. The maximum atomic E-state index is 12.8. The number of likely N-dealkylation sites (tertiary alicyclic amines) is 1. The van der Waals surface area contributed by atoms with Gasteiger partial charge >= 0.3 is 0 Å². The molecular weight excluding hydrogens is 366 g/mol. The zero-order valence-electron chi connectivity index (χ0n) is 14.5. The Balaban J connectivity index is 1.42. The first-order valence-electron chi connectivity index (χ1n) is 8.78. The van der Waals surface area contributed by atoms with Gasteiger partial charge in [0.1, 0.15) is 6.26 Å². The summed E-state index contributed by atoms with van der Waals surface area (Å²) in [7, 11) is 0. The van der Waals surface area contributed by atoms with E-state index in [1.165, 1.54) is 12.5 Å². The minimum Gasteiger partial charge on any atom is -0.472 e. The van der Waals surface area contributed by atoms with Gasteiger partial charge in [-0.25, -0.2) is 0 Å². The molecule has 1 aliphatic rings. The molecule has 0 radical (unpaired) electrons. The second-order valence-corrected chi connectivity index (χ2v) is 7.02. The highest BCUT2D eigenvalue weighted by Crippen LogP contribution is 2.23. The molecule has 1 aliphatic heterocycles. The van der Waals surface area contributed by atoms with Crippen molar-refractivity contribution in [1.82, 2.24) is 15.2 Å². The minimum atomic E-state index is -0.194. The van der Waals surface area contributed by atoms with Gasteiger partial charge in [-0.15, -0.1) is 0 Å². The van der Waals surface area contributed by atoms with Crippen LogP contribution < -0.4 is 5.32 Å². The van der Waals surface area contributed by atoms with E-state index in [1.54, 1.807) is 29.3 Å². The van der Waals surface area contributed by atoms with Crippen LogP contribution in [-0.2, 0) is 0 Å². The number of nitrogens with one attached hydrogen (secondary N) is 1. The number of benzene rings is 1. The van der Waals surface area contributed by atoms with E-state index >= 15 is 0 Å². The van der Waals surface area contributed by atoms with Crippen molar-refractivity contribution in [2.75, 3.05) is 13.1 Å². The molecule has 0 atom stereocenters. The van der Waals surface area contributed by atoms with Crippen LogP contribution in [0.3, 0.4) is 0 Å². The number of carbonyl (C=O) groups excluding carboxylic acids is 2. The average Bonchev–Trinajstić information content (AvgIpc) is 3.22. The Morgan fingerprint density at radius 3 is 2.78 bits per heavy atom. The molecule has 27 heavy (non-hydrogen) atoms. The number of hydrogen-bond acceptors (Lipinski definition) is 4. The monoisotopic (exact) mass is 383 g/mol. The highest BCUT2D eigenvalue weighted by atomic mass is 35.5. The molecule has 4 rings (SSSR count). The number of carbonyl (C=O) groups is 2. The molecule has 1 fully saturated rings. The van der Waals surface area contributed by atoms with Gasteiger partial charge in [-0.2, -0.15) is 0 Å². The molecule has 0 saturated carbocycles. The summed E-state index contributed by atoms with van der Waals surface area (Å²) >= 11 is 6.15. The van der Waals surface area contributed by atoms with E-state index in [4.69, 9.17) is 16.0 Å². The lowest BCUT2D eigenvalue weighted by Crippen LogP contribution is -2.46. The number of halogens is 1. The summed E-state index contributed by atoms with van der Waals surface area (Å²) in [6.07, 6.45) is 5.99. The van der Waals surface area contributed by atoms with E-state index in [9.17, 15) is 9.59 Å². The van der Waals surface area contributed by atoms with Crippen molar-refractivity contribution in [3.8, 4) is 0 Å². The fourth-order valence-electron chi connectivity index (χ4n) is 3.39. The lowest BCUT2D eigenvalue weighted by atomic mass is 10.0. The van der Waals surface area contributed by atoms with E-state index in [-0.39, 0.29) is 17.9 Å². The van der Waals surface area contributed by atoms with Gasteiger partial charge in [0.2, 0.25) is 0 Å². The number of amides is 2. The van der Waals surface area contributed by atoms with Gasteiger partial charge in [-0.3, -0.25) is 14.6 Å². The summed E-state index contributed by atoms with van der Waals surface area (Å²) in [5, 5.41) is 4.39. The first-order valence-corrected chi connectivity index (χ1v) is 9.16. The maximum Gasteiger partial charge on any atom is 0.257 e. The fourth-order valence-corrected chi connectivity index (χ4v) is 3.61. The van der Waals surface area contributed by atoms with Crippen LogP contribution in [0.5, 0.6) is 0 Å². The Hall–Kier alpha value is -2.86. The number of pyridine rings is 1. The lowest BCUT2D eigenvalue weighted by molar-refractivity contribution is 0.0697. The van der Waals surface area contributed by atoms with Crippen LogP contribution in [0, 0.1) is 0 Å². The Kier molecular flexibility index (Phi) is 4.81. The molecular formula is C20H18ClN3O3. The zero-order chi connectivity index (χ0) is 18.8. The summed E-state index contributed by atoms with van der Waals surface area (Å²) < 4.78 is 4.97. The number of piperidine rings is 1. The smallest absolute Gasteiger partial charge is 0.257 e. The zero-order valence-corrected chi connectivity index (χ0v) is 15.3. The van der Waals surface area contributed by atoms with Crippen molar-refractivity contribution >= 4 is 34.3 Å². The summed E-state index contributed by atoms with van der Waals surface area (Å²) in [5.41, 5.74) is 1.65. The van der Waals surface area contributed by atoms with Crippen LogP contribution in [0.25, 0.3) is 10.9 Å². The molecule has 7 heteroatoms. The van der Waals surface area contributed by atoms with Crippen LogP contribution in [0.4, 0.5) is 0 Å². The van der Waals surface area contributed by atoms with Crippen molar-refractivity contribution in [2.24, 2.45) is 0 Å². The molecule has 2 aromatic heterocycles. The normalized spacial score (nSPS) is 15.1. The third-order valence-corrected chi connectivity index (χ3v) is 5.02. The SMILES string of the molecule is O=C(NC1CCN(C(=O)c2ccoc2)CC1)c1cc(Cl)cc2cccnc12. The third-order valence-electron chi connectivity index (χ3n) is 4.80. The molecule has 1 aromatic carbocycles. The Morgan fingerprint density at radius 2 is 2.04 bits per heavy atom. The second-order valence-electron chi connectivity index (χ2n) is 6.58. The molecule has 0 unspecified atom stereocenters. The van der Waals surface area contributed by atoms with Gasteiger partial charge in [0.25, 0.3) is 11.8 Å². The van der Waals surface area contributed by atoms with E-state index in [0.717, 1.165) is 5.39 Å². The fraction of sp³-hybridized carbons (Fsp3) is 0.250. The Morgan fingerprint density at radius 1 is 1.22 bits per heavy atom. The number of hydrogen-bond donors (Lipinski definition) is 1. The first kappa shape index (κ1) is 17.5. The van der Waals surface area contributed by atoms with Crippen molar-refractivity contribution in [3.05, 3.63) is 65.2 Å². The summed E-state index contributed by atoms with van der Waals surface area (Å²) in [6.45, 7) is 1.17. The predicted molar refractivity (Wildman–Crippen MR) is 102 cm³/mol. The molecule has 1 saturated heterocycles. The minimum absolute atomic E-state index is 0.00337. The topological polar surface area (TPSA) is 75.4 Å². The van der Waals surface area contributed by atoms with Gasteiger partial charge in [0.05, 0.1) is 22.9 Å². The molecule has 0 spiro atoms. The number of furan rings is 1. The van der Waals surface area contributed by atoms with Crippen LogP contribution in [-0.4, -0.2) is 40.8 Å². The third kappa shape index (κ3) is 3.66. The summed E-state index contributed by atoms with van der Waals surface area (Å²) in [6, 6.07) is 8.79. The van der Waals surface area contributed by atoms with Gasteiger partial charge < -0.3 is 14.6 Å². The van der Waals surface area contributed by atoms with E-state index in [1.807, 2.05) is 12.1 Å². The number of rotatable bonds is 3. The molecule has 1 N–H and O–H groups in total. The second kappa shape index (κ2) is 7.40. The molecule has 2 amide bonds. The van der Waals surface area contributed by atoms with Crippen molar-refractivity contribution in [3.63, 3.8) is 0 Å². The van der Waals surface area contributed by atoms with Crippen molar-refractivity contribution < 1.29 is 14.0 Å². The summed E-state index contributed by atoms with van der Waals surface area (Å²) in [4.78, 5) is 31.2. The summed E-state index contributed by atoms with van der Waals surface area (Å²) in [5.74, 6) is -0.237. The van der Waals surface area contributed by atoms with E-state index in [0.29, 0.717) is 47.6 Å². The molecule has 3 heterocycles. The molecule has 6 nitrogen and oxygen atoms in total. The maximum absolute atomic E-state index is 12.8. The van der Waals surface area contributed by atoms with Gasteiger partial charge in [0.15, 0.2) is 0 Å². The number of nitrogens with zero attached hydrogens (tertiary/aromatic N) is 2. The molecule has 0 aliphatic carbocycles. The standard InChI is InChI=1S/C20H18ClN3O3/c21-15-10-13-2-1-6-22-18(13)17(11-15)19(25)23-16-3-7-24(8-4-16)20(26)14-5-9-27-12-14/h1-2,5-6,9-12,16H,3-4,7-8H2,(H,23,25). The van der Waals surface area contributed by atoms with E-state index in [2.05, 4.69) is 10.3 Å². The largest absolute Gasteiger partial charge is 0.472 e. The first-order chi connectivity index (χ1) is 13.1. The molecule has 138 valence electrons. The molecule has 0 bridgehead atoms. The van der Waals surface area contributed by atoms with Gasteiger partial charge in [-0.1, -0.05) is 17.7 Å². The Bertz CT molecular complexity index is 979. The van der Waals surface area contributed by atoms with Crippen LogP contribution in [0.1, 0.15) is 33.6 Å². The average molecular weight is 384 g/mol. The van der Waals surface area contributed by atoms with Crippen LogP contribution >= 0.6 is 11.6 Å². The van der Waals surface area contributed by atoms with E-state index < -0.39 is 0 Å².